The van der Waals surface area contributed by atoms with Gasteiger partial charge in [-0.05, 0) is 32.1 Å². The van der Waals surface area contributed by atoms with Crippen molar-refractivity contribution in [1.29, 1.82) is 0 Å². The van der Waals surface area contributed by atoms with Crippen LogP contribution < -0.4 is 10.2 Å². The van der Waals surface area contributed by atoms with Gasteiger partial charge >= 0.3 is 0 Å². The molecule has 0 heterocycles. The highest BCUT2D eigenvalue weighted by atomic mass is 31.2. The summed E-state index contributed by atoms with van der Waals surface area (Å²) >= 11 is 0. The van der Waals surface area contributed by atoms with Crippen LogP contribution in [0, 0.1) is 0 Å². The molecule has 0 aromatic rings. The van der Waals surface area contributed by atoms with E-state index in [9.17, 15) is 19.4 Å². The number of amides is 1. The van der Waals surface area contributed by atoms with E-state index in [4.69, 9.17) is 9.05 Å². The lowest BCUT2D eigenvalue weighted by Gasteiger charge is -2.29. The Morgan fingerprint density at radius 3 is 1.37 bits per heavy atom. The molecule has 0 bridgehead atoms. The topological polar surface area (TPSA) is 108 Å². The lowest BCUT2D eigenvalue weighted by molar-refractivity contribution is -0.870. The predicted molar refractivity (Wildman–Crippen MR) is 252 cm³/mol. The predicted octanol–water partition coefficient (Wildman–Crippen LogP) is 13.8. The molecule has 0 aromatic heterocycles. The van der Waals surface area contributed by atoms with Crippen LogP contribution >= 0.6 is 7.82 Å². The van der Waals surface area contributed by atoms with Crippen molar-refractivity contribution in [2.24, 2.45) is 0 Å². The highest BCUT2D eigenvalue weighted by molar-refractivity contribution is 7.45. The second-order valence-electron chi connectivity index (χ2n) is 18.5. The molecule has 3 atom stereocenters. The normalized spacial score (nSPS) is 14.4. The van der Waals surface area contributed by atoms with E-state index in [-0.39, 0.29) is 12.5 Å². The van der Waals surface area contributed by atoms with Gasteiger partial charge in [-0.3, -0.25) is 9.36 Å². The minimum absolute atomic E-state index is 0.00522. The van der Waals surface area contributed by atoms with E-state index in [1.165, 1.54) is 167 Å². The van der Waals surface area contributed by atoms with Crippen LogP contribution in [-0.4, -0.2) is 68.5 Å². The third kappa shape index (κ3) is 44.8. The second-order valence-corrected chi connectivity index (χ2v) is 19.9. The first kappa shape index (κ1) is 58.0. The zero-order chi connectivity index (χ0) is 43.6. The minimum Gasteiger partial charge on any atom is -0.756 e. The SMILES string of the molecule is CCCCCCCCCCCCCCCCCCCCCCCCCCCC/C=C/CC/C=C/C(O)C(COP(=O)([O-])OCC[N+](C)(C)C)NC(=O)CCCCCCC. The number of likely N-dealkylation sites (N-methyl/N-ethyl adjacent to an activating group) is 1. The van der Waals surface area contributed by atoms with Crippen LogP contribution in [0.15, 0.2) is 24.3 Å². The van der Waals surface area contributed by atoms with Crippen molar-refractivity contribution in [2.75, 3.05) is 40.9 Å². The van der Waals surface area contributed by atoms with Crippen LogP contribution in [0.25, 0.3) is 0 Å². The van der Waals surface area contributed by atoms with Crippen molar-refractivity contribution in [3.63, 3.8) is 0 Å². The summed E-state index contributed by atoms with van der Waals surface area (Å²) < 4.78 is 23.0. The van der Waals surface area contributed by atoms with Crippen LogP contribution in [0.3, 0.4) is 0 Å². The molecule has 0 rings (SSSR count). The molecule has 0 saturated carbocycles. The summed E-state index contributed by atoms with van der Waals surface area (Å²) in [5.74, 6) is -0.219. The van der Waals surface area contributed by atoms with Crippen LogP contribution in [0.5, 0.6) is 0 Å². The molecule has 0 radical (unpaired) electrons. The summed E-state index contributed by atoms with van der Waals surface area (Å²) in [4.78, 5) is 25.0. The van der Waals surface area contributed by atoms with Gasteiger partial charge < -0.3 is 28.8 Å². The number of aliphatic hydroxyl groups excluding tert-OH is 1. The first-order valence-electron chi connectivity index (χ1n) is 25.2. The number of phosphoric ester groups is 1. The molecule has 8 nitrogen and oxygen atoms in total. The van der Waals surface area contributed by atoms with Crippen molar-refractivity contribution in [3.05, 3.63) is 24.3 Å². The number of hydrogen-bond donors (Lipinski definition) is 2. The maximum absolute atomic E-state index is 12.6. The van der Waals surface area contributed by atoms with Gasteiger partial charge in [0.05, 0.1) is 39.9 Å². The number of allylic oxidation sites excluding steroid dienone is 3. The van der Waals surface area contributed by atoms with Gasteiger partial charge in [0.15, 0.2) is 0 Å². The highest BCUT2D eigenvalue weighted by Crippen LogP contribution is 2.38. The molecule has 0 aliphatic rings. The molecular weight excluding hydrogens is 756 g/mol. The zero-order valence-corrected chi connectivity index (χ0v) is 40.6. The Bertz CT molecular complexity index is 1020. The Balaban J connectivity index is 3.91. The Kier molecular flexibility index (Phi) is 41.6. The van der Waals surface area contributed by atoms with Gasteiger partial charge in [-0.25, -0.2) is 0 Å². The van der Waals surface area contributed by atoms with Gasteiger partial charge in [0.2, 0.25) is 5.91 Å². The lowest BCUT2D eigenvalue weighted by atomic mass is 10.0. The van der Waals surface area contributed by atoms with Crippen LogP contribution in [0.2, 0.25) is 0 Å². The van der Waals surface area contributed by atoms with E-state index >= 15 is 0 Å². The molecule has 350 valence electrons. The Labute approximate surface area is 366 Å². The molecular formula is C50H99N2O6P. The molecule has 1 amide bonds. The summed E-state index contributed by atoms with van der Waals surface area (Å²) in [5.41, 5.74) is 0. The van der Waals surface area contributed by atoms with Crippen molar-refractivity contribution >= 4 is 13.7 Å². The van der Waals surface area contributed by atoms with E-state index in [2.05, 4.69) is 31.3 Å². The number of nitrogens with one attached hydrogen (secondary N) is 1. The van der Waals surface area contributed by atoms with Crippen molar-refractivity contribution < 1.29 is 32.9 Å². The third-order valence-corrected chi connectivity index (χ3v) is 12.4. The summed E-state index contributed by atoms with van der Waals surface area (Å²) in [6, 6.07) is -0.896. The van der Waals surface area contributed by atoms with Gasteiger partial charge in [0.25, 0.3) is 7.82 Å². The van der Waals surface area contributed by atoms with E-state index < -0.39 is 26.6 Å². The number of carbonyl (C=O) groups excluding carboxylic acids is 1. The molecule has 0 aliphatic carbocycles. The van der Waals surface area contributed by atoms with Crippen molar-refractivity contribution in [1.82, 2.24) is 5.32 Å². The number of hydrogen-bond acceptors (Lipinski definition) is 6. The molecule has 0 spiro atoms. The monoisotopic (exact) mass is 855 g/mol. The second kappa shape index (κ2) is 42.3. The maximum atomic E-state index is 12.6. The van der Waals surface area contributed by atoms with Gasteiger partial charge in [0, 0.05) is 6.42 Å². The number of unbranched alkanes of at least 4 members (excludes halogenated alkanes) is 31. The van der Waals surface area contributed by atoms with Crippen LogP contribution in [-0.2, 0) is 18.4 Å². The minimum atomic E-state index is -4.58. The molecule has 0 aromatic carbocycles. The Morgan fingerprint density at radius 2 is 0.949 bits per heavy atom. The number of carbonyl (C=O) groups is 1. The number of aliphatic hydroxyl groups is 1. The van der Waals surface area contributed by atoms with Gasteiger partial charge in [0.1, 0.15) is 13.2 Å². The van der Waals surface area contributed by atoms with Gasteiger partial charge in [-0.2, -0.15) is 0 Å². The average Bonchev–Trinajstić information content (AvgIpc) is 3.19. The number of rotatable bonds is 46. The number of nitrogens with zero attached hydrogens (tertiary/aromatic N) is 1. The van der Waals surface area contributed by atoms with Crippen molar-refractivity contribution in [3.8, 4) is 0 Å². The van der Waals surface area contributed by atoms with Crippen LogP contribution in [0.1, 0.15) is 239 Å². The molecule has 2 N–H and O–H groups in total. The Morgan fingerprint density at radius 1 is 0.576 bits per heavy atom. The molecule has 3 unspecified atom stereocenters. The summed E-state index contributed by atoms with van der Waals surface area (Å²) in [6.07, 6.45) is 51.8. The van der Waals surface area contributed by atoms with Crippen molar-refractivity contribution in [2.45, 2.75) is 251 Å². The molecule has 0 fully saturated rings. The fraction of sp³-hybridized carbons (Fsp3) is 0.900. The van der Waals surface area contributed by atoms with Gasteiger partial charge in [-0.15, -0.1) is 0 Å². The number of phosphoric acid groups is 1. The highest BCUT2D eigenvalue weighted by Gasteiger charge is 2.23. The number of quaternary nitrogens is 1. The first-order valence-corrected chi connectivity index (χ1v) is 26.7. The van der Waals surface area contributed by atoms with E-state index in [0.29, 0.717) is 17.4 Å². The quantitative estimate of drug-likeness (QED) is 0.0273. The maximum Gasteiger partial charge on any atom is 0.268 e. The third-order valence-electron chi connectivity index (χ3n) is 11.4. The molecule has 9 heteroatoms. The standard InChI is InChI=1S/C50H99N2O6P/c1-6-8-10-12-13-14-15-16-17-18-19-20-21-22-23-24-25-26-27-28-29-30-31-32-33-34-35-36-37-38-40-41-43-49(53)48(51-50(54)44-42-39-11-9-7-2)47-58-59(55,56)57-46-45-52(3,4)5/h36-37,41,43,48-49,53H,6-35,38-40,42,44-47H2,1-5H3,(H-,51,54,55,56)/b37-36+,43-41+. The largest absolute Gasteiger partial charge is 0.756 e. The lowest BCUT2D eigenvalue weighted by Crippen LogP contribution is -2.45. The van der Waals surface area contributed by atoms with E-state index in [1.807, 2.05) is 27.2 Å². The summed E-state index contributed by atoms with van der Waals surface area (Å²) in [5, 5.41) is 13.6. The molecule has 0 saturated heterocycles. The summed E-state index contributed by atoms with van der Waals surface area (Å²) in [6.45, 7) is 4.54. The van der Waals surface area contributed by atoms with E-state index in [0.717, 1.165) is 51.4 Å². The fourth-order valence-electron chi connectivity index (χ4n) is 7.41. The first-order chi connectivity index (χ1) is 28.5. The molecule has 0 aliphatic heterocycles. The van der Waals surface area contributed by atoms with Crippen LogP contribution in [0.4, 0.5) is 0 Å². The Hall–Kier alpha value is -1.02. The van der Waals surface area contributed by atoms with E-state index in [1.54, 1.807) is 6.08 Å². The smallest absolute Gasteiger partial charge is 0.268 e. The molecule has 59 heavy (non-hydrogen) atoms. The summed E-state index contributed by atoms with van der Waals surface area (Å²) in [7, 11) is 1.25. The zero-order valence-electron chi connectivity index (χ0n) is 39.7. The fourth-order valence-corrected chi connectivity index (χ4v) is 8.13. The van der Waals surface area contributed by atoms with Gasteiger partial charge in [-0.1, -0.05) is 224 Å². The average molecular weight is 855 g/mol.